The highest BCUT2D eigenvalue weighted by atomic mass is 16.2. The number of carbonyl (C=O) groups is 1. The predicted molar refractivity (Wildman–Crippen MR) is 102 cm³/mol. The number of hydrogen-bond acceptors (Lipinski definition) is 5. The Bertz CT molecular complexity index is 668. The Balaban J connectivity index is 1.49. The van der Waals surface area contributed by atoms with Gasteiger partial charge in [-0.1, -0.05) is 6.42 Å². The first-order valence-electron chi connectivity index (χ1n) is 10.0. The fourth-order valence-corrected chi connectivity index (χ4v) is 4.32. The van der Waals surface area contributed by atoms with Crippen LogP contribution in [0.25, 0.3) is 0 Å². The number of amides is 1. The van der Waals surface area contributed by atoms with Gasteiger partial charge in [-0.3, -0.25) is 4.79 Å². The summed E-state index contributed by atoms with van der Waals surface area (Å²) in [6, 6.07) is 2.36. The van der Waals surface area contributed by atoms with Crippen molar-refractivity contribution in [1.29, 1.82) is 0 Å². The van der Waals surface area contributed by atoms with E-state index in [4.69, 9.17) is 9.97 Å². The molecule has 0 radical (unpaired) electrons. The van der Waals surface area contributed by atoms with Gasteiger partial charge in [-0.25, -0.2) is 9.97 Å². The average molecular weight is 358 g/mol. The van der Waals surface area contributed by atoms with E-state index in [1.807, 2.05) is 19.0 Å². The summed E-state index contributed by atoms with van der Waals surface area (Å²) in [6.45, 7) is 4.30. The molecule has 2 heterocycles. The summed E-state index contributed by atoms with van der Waals surface area (Å²) in [5.74, 6) is 2.88. The number of aryl methyl sites for hydroxylation is 1. The normalized spacial score (nSPS) is 26.2. The monoisotopic (exact) mass is 357 g/mol. The third-order valence-electron chi connectivity index (χ3n) is 6.07. The molecule has 3 fully saturated rings. The van der Waals surface area contributed by atoms with Gasteiger partial charge in [0.25, 0.3) is 0 Å². The third kappa shape index (κ3) is 3.85. The Labute approximate surface area is 156 Å². The second-order valence-corrected chi connectivity index (χ2v) is 8.68. The van der Waals surface area contributed by atoms with Crippen molar-refractivity contribution in [2.75, 3.05) is 38.6 Å². The van der Waals surface area contributed by atoms with Crippen molar-refractivity contribution in [3.05, 3.63) is 17.5 Å². The van der Waals surface area contributed by atoms with Gasteiger partial charge in [-0.2, -0.15) is 0 Å². The molecule has 4 rings (SSSR count). The maximum atomic E-state index is 12.3. The largest absolute Gasteiger partial charge is 0.350 e. The van der Waals surface area contributed by atoms with Crippen LogP contribution in [-0.2, 0) is 4.79 Å². The van der Waals surface area contributed by atoms with Crippen LogP contribution in [0.15, 0.2) is 6.07 Å². The second kappa shape index (κ2) is 7.14. The number of carbonyl (C=O) groups excluding carboxylic acids is 1. The summed E-state index contributed by atoms with van der Waals surface area (Å²) in [7, 11) is 3.86. The molecule has 1 aromatic heterocycles. The Morgan fingerprint density at radius 1 is 1.23 bits per heavy atom. The van der Waals surface area contributed by atoms with Crippen LogP contribution in [0.3, 0.4) is 0 Å². The molecular weight excluding hydrogens is 326 g/mol. The predicted octanol–water partition coefficient (Wildman–Crippen LogP) is 1.95. The minimum Gasteiger partial charge on any atom is -0.350 e. The van der Waals surface area contributed by atoms with Crippen LogP contribution in [-0.4, -0.2) is 60.5 Å². The van der Waals surface area contributed by atoms with Crippen molar-refractivity contribution in [2.45, 2.75) is 51.0 Å². The quantitative estimate of drug-likeness (QED) is 0.843. The summed E-state index contributed by atoms with van der Waals surface area (Å²) in [5, 5.41) is 3.28. The van der Waals surface area contributed by atoms with Crippen LogP contribution in [0.2, 0.25) is 0 Å². The maximum Gasteiger partial charge on any atom is 0.234 e. The van der Waals surface area contributed by atoms with Gasteiger partial charge in [0.2, 0.25) is 11.9 Å². The first-order valence-corrected chi connectivity index (χ1v) is 10.0. The molecule has 2 saturated carbocycles. The molecule has 1 aromatic rings. The highest BCUT2D eigenvalue weighted by Gasteiger charge is 2.44. The molecule has 6 heteroatoms. The minimum absolute atomic E-state index is 0.118. The lowest BCUT2D eigenvalue weighted by atomic mass is 9.83. The number of aromatic nitrogens is 2. The minimum atomic E-state index is 0.118. The molecule has 0 bridgehead atoms. The molecule has 0 spiro atoms. The zero-order valence-corrected chi connectivity index (χ0v) is 16.2. The number of anilines is 1. The van der Waals surface area contributed by atoms with Crippen LogP contribution >= 0.6 is 0 Å². The lowest BCUT2D eigenvalue weighted by Crippen LogP contribution is -2.44. The van der Waals surface area contributed by atoms with Crippen molar-refractivity contribution in [3.8, 4) is 0 Å². The van der Waals surface area contributed by atoms with E-state index in [2.05, 4.69) is 23.2 Å². The molecule has 6 nitrogen and oxygen atoms in total. The van der Waals surface area contributed by atoms with E-state index in [1.54, 1.807) is 0 Å². The van der Waals surface area contributed by atoms with Gasteiger partial charge in [0.1, 0.15) is 0 Å². The molecule has 0 unspecified atom stereocenters. The maximum absolute atomic E-state index is 12.3. The van der Waals surface area contributed by atoms with Gasteiger partial charge in [0.15, 0.2) is 0 Å². The number of nitrogens with zero attached hydrogens (tertiary/aromatic N) is 4. The second-order valence-electron chi connectivity index (χ2n) is 8.68. The number of hydrogen-bond donors (Lipinski definition) is 1. The summed E-state index contributed by atoms with van der Waals surface area (Å²) in [5.41, 5.74) is 2.27. The molecule has 142 valence electrons. The first kappa shape index (κ1) is 17.7. The standard InChI is InChI=1S/C20H31N5O/c1-13-9-17(15-5-4-6-15)23-20(21-13)25-10-16(14-7-8-14)18(11-25)22-19(26)12-24(2)3/h9,14-16,18H,4-8,10-12H2,1-3H3,(H,22,26)/t16-,18+/m1/s1. The van der Waals surface area contributed by atoms with Crippen LogP contribution in [0.5, 0.6) is 0 Å². The molecule has 1 amide bonds. The molecule has 1 aliphatic heterocycles. The van der Waals surface area contributed by atoms with Gasteiger partial charge in [-0.05, 0) is 58.7 Å². The summed E-state index contributed by atoms with van der Waals surface area (Å²) in [6.07, 6.45) is 6.41. The van der Waals surface area contributed by atoms with E-state index in [1.165, 1.54) is 37.8 Å². The molecule has 1 N–H and O–H groups in total. The molecule has 1 saturated heterocycles. The Morgan fingerprint density at radius 2 is 2.00 bits per heavy atom. The van der Waals surface area contributed by atoms with E-state index in [0.717, 1.165) is 30.6 Å². The zero-order valence-electron chi connectivity index (χ0n) is 16.2. The van der Waals surface area contributed by atoms with Crippen molar-refractivity contribution in [1.82, 2.24) is 20.2 Å². The zero-order chi connectivity index (χ0) is 18.3. The number of likely N-dealkylation sites (N-methyl/N-ethyl adjacent to an activating group) is 1. The van der Waals surface area contributed by atoms with E-state index in [-0.39, 0.29) is 11.9 Å². The number of nitrogens with one attached hydrogen (secondary N) is 1. The van der Waals surface area contributed by atoms with Crippen molar-refractivity contribution < 1.29 is 4.79 Å². The first-order chi connectivity index (χ1) is 12.5. The lowest BCUT2D eigenvalue weighted by molar-refractivity contribution is -0.122. The van der Waals surface area contributed by atoms with Crippen LogP contribution in [0.4, 0.5) is 5.95 Å². The van der Waals surface area contributed by atoms with E-state index >= 15 is 0 Å². The lowest BCUT2D eigenvalue weighted by Gasteiger charge is -2.26. The van der Waals surface area contributed by atoms with Crippen LogP contribution in [0, 0.1) is 18.8 Å². The molecular formula is C20H31N5O. The summed E-state index contributed by atoms with van der Waals surface area (Å²) < 4.78 is 0. The van der Waals surface area contributed by atoms with E-state index < -0.39 is 0 Å². The summed E-state index contributed by atoms with van der Waals surface area (Å²) >= 11 is 0. The number of rotatable bonds is 6. The van der Waals surface area contributed by atoms with Crippen molar-refractivity contribution >= 4 is 11.9 Å². The smallest absolute Gasteiger partial charge is 0.234 e. The van der Waals surface area contributed by atoms with Gasteiger partial charge < -0.3 is 15.1 Å². The molecule has 26 heavy (non-hydrogen) atoms. The van der Waals surface area contributed by atoms with Crippen LogP contribution in [0.1, 0.15) is 49.4 Å². The topological polar surface area (TPSA) is 61.4 Å². The van der Waals surface area contributed by atoms with Gasteiger partial charge >= 0.3 is 0 Å². The highest BCUT2D eigenvalue weighted by Crippen LogP contribution is 2.42. The third-order valence-corrected chi connectivity index (χ3v) is 6.07. The molecule has 0 aromatic carbocycles. The fraction of sp³-hybridized carbons (Fsp3) is 0.750. The Hall–Kier alpha value is -1.69. The summed E-state index contributed by atoms with van der Waals surface area (Å²) in [4.78, 5) is 26.1. The van der Waals surface area contributed by atoms with Gasteiger partial charge in [0, 0.05) is 36.3 Å². The molecule has 2 atom stereocenters. The average Bonchev–Trinajstić information content (AvgIpc) is 3.25. The molecule has 2 aliphatic carbocycles. The fourth-order valence-electron chi connectivity index (χ4n) is 4.32. The Morgan fingerprint density at radius 3 is 2.62 bits per heavy atom. The van der Waals surface area contributed by atoms with E-state index in [0.29, 0.717) is 18.4 Å². The van der Waals surface area contributed by atoms with Crippen LogP contribution < -0.4 is 10.2 Å². The van der Waals surface area contributed by atoms with E-state index in [9.17, 15) is 4.79 Å². The SMILES string of the molecule is Cc1cc(C2CCC2)nc(N2C[C@H](NC(=O)CN(C)C)[C@@H](C3CC3)C2)n1. The van der Waals surface area contributed by atoms with Gasteiger partial charge in [0.05, 0.1) is 12.6 Å². The molecule has 3 aliphatic rings. The van der Waals surface area contributed by atoms with Crippen molar-refractivity contribution in [2.24, 2.45) is 11.8 Å². The van der Waals surface area contributed by atoms with Gasteiger partial charge in [-0.15, -0.1) is 0 Å². The Kier molecular flexibility index (Phi) is 4.86. The highest BCUT2D eigenvalue weighted by molar-refractivity contribution is 5.78. The van der Waals surface area contributed by atoms with Crippen molar-refractivity contribution in [3.63, 3.8) is 0 Å².